The molecule has 0 aliphatic rings. The highest BCUT2D eigenvalue weighted by atomic mass is 32.1. The van der Waals surface area contributed by atoms with Crippen molar-refractivity contribution >= 4 is 34.1 Å². The maximum Gasteiger partial charge on any atom is 0.325 e. The molecule has 1 heterocycles. The van der Waals surface area contributed by atoms with Crippen molar-refractivity contribution in [2.45, 2.75) is 13.8 Å². The Balaban J connectivity index is 2.05. The van der Waals surface area contributed by atoms with Crippen LogP contribution < -0.4 is 10.6 Å². The van der Waals surface area contributed by atoms with Gasteiger partial charge in [-0.15, -0.1) is 0 Å². The minimum Gasteiger partial charge on any atom is -0.383 e. The van der Waals surface area contributed by atoms with Gasteiger partial charge in [-0.1, -0.05) is 23.5 Å². The zero-order valence-corrected chi connectivity index (χ0v) is 17.4. The van der Waals surface area contributed by atoms with Gasteiger partial charge < -0.3 is 19.7 Å². The van der Waals surface area contributed by atoms with Gasteiger partial charge in [0.15, 0.2) is 5.13 Å². The van der Waals surface area contributed by atoms with E-state index >= 15 is 0 Å². The molecule has 0 bridgehead atoms. The number of carbonyl (C=O) groups excluding carboxylic acids is 2. The van der Waals surface area contributed by atoms with Crippen LogP contribution in [0, 0.1) is 13.8 Å². The van der Waals surface area contributed by atoms with E-state index in [2.05, 4.69) is 15.6 Å². The molecule has 0 spiro atoms. The number of benzene rings is 1. The smallest absolute Gasteiger partial charge is 0.325 e. The summed E-state index contributed by atoms with van der Waals surface area (Å²) in [4.78, 5) is 31.5. The van der Waals surface area contributed by atoms with Crippen molar-refractivity contribution in [3.63, 3.8) is 0 Å². The van der Waals surface area contributed by atoms with Crippen LogP contribution in [-0.2, 0) is 9.47 Å². The van der Waals surface area contributed by atoms with Gasteiger partial charge in [-0.3, -0.25) is 10.1 Å². The summed E-state index contributed by atoms with van der Waals surface area (Å²) in [6.45, 7) is 5.45. The lowest BCUT2D eigenvalue weighted by Gasteiger charge is -2.21. The van der Waals surface area contributed by atoms with Gasteiger partial charge in [0, 0.05) is 33.0 Å². The third-order valence-corrected chi connectivity index (χ3v) is 4.97. The van der Waals surface area contributed by atoms with Gasteiger partial charge in [0.25, 0.3) is 5.91 Å². The van der Waals surface area contributed by atoms with Crippen molar-refractivity contribution in [1.29, 1.82) is 0 Å². The van der Waals surface area contributed by atoms with E-state index < -0.39 is 6.03 Å². The first-order valence-corrected chi connectivity index (χ1v) is 9.65. The van der Waals surface area contributed by atoms with E-state index in [9.17, 15) is 9.59 Å². The molecule has 2 aromatic rings. The average Bonchev–Trinajstić information content (AvgIpc) is 3.01. The lowest BCUT2D eigenvalue weighted by Crippen LogP contribution is -2.36. The molecule has 0 atom stereocenters. The Labute approximate surface area is 168 Å². The molecular weight excluding hydrogens is 380 g/mol. The Morgan fingerprint density at radius 2 is 1.79 bits per heavy atom. The quantitative estimate of drug-likeness (QED) is 0.667. The van der Waals surface area contributed by atoms with E-state index in [1.807, 2.05) is 25.1 Å². The first-order valence-electron chi connectivity index (χ1n) is 8.83. The number of amides is 3. The Hall–Kier alpha value is -2.49. The molecule has 3 amide bonds. The maximum absolute atomic E-state index is 12.9. The highest BCUT2D eigenvalue weighted by Crippen LogP contribution is 2.24. The molecular formula is C19H26N4O4S. The number of carbonyl (C=O) groups is 2. The molecule has 28 heavy (non-hydrogen) atoms. The number of aryl methyl sites for hydroxylation is 2. The highest BCUT2D eigenvalue weighted by Gasteiger charge is 2.22. The van der Waals surface area contributed by atoms with E-state index in [1.54, 1.807) is 32.1 Å². The summed E-state index contributed by atoms with van der Waals surface area (Å²) < 4.78 is 10.2. The van der Waals surface area contributed by atoms with Crippen LogP contribution in [0.2, 0.25) is 0 Å². The van der Waals surface area contributed by atoms with Crippen molar-refractivity contribution in [2.24, 2.45) is 0 Å². The van der Waals surface area contributed by atoms with Gasteiger partial charge in [-0.25, -0.2) is 9.78 Å². The van der Waals surface area contributed by atoms with Crippen LogP contribution in [-0.4, -0.2) is 62.3 Å². The second kappa shape index (κ2) is 10.7. The molecule has 9 heteroatoms. The number of methoxy groups -OCH3 is 2. The fraction of sp³-hybridized carbons (Fsp3) is 0.421. The third-order valence-electron chi connectivity index (χ3n) is 3.91. The summed E-state index contributed by atoms with van der Waals surface area (Å²) in [5, 5.41) is 5.81. The van der Waals surface area contributed by atoms with Crippen molar-refractivity contribution in [3.05, 3.63) is 40.4 Å². The van der Waals surface area contributed by atoms with E-state index in [4.69, 9.17) is 9.47 Å². The lowest BCUT2D eigenvalue weighted by atomic mass is 10.2. The fourth-order valence-corrected chi connectivity index (χ4v) is 3.42. The molecule has 0 radical (unpaired) electrons. The van der Waals surface area contributed by atoms with Gasteiger partial charge in [0.1, 0.15) is 4.88 Å². The summed E-state index contributed by atoms with van der Waals surface area (Å²) in [5.41, 5.74) is 2.30. The number of nitrogens with zero attached hydrogens (tertiary/aromatic N) is 2. The van der Waals surface area contributed by atoms with E-state index in [-0.39, 0.29) is 5.91 Å². The fourth-order valence-electron chi connectivity index (χ4n) is 2.49. The van der Waals surface area contributed by atoms with Gasteiger partial charge in [-0.05, 0) is 31.5 Å². The summed E-state index contributed by atoms with van der Waals surface area (Å²) in [7, 11) is 3.18. The zero-order chi connectivity index (χ0) is 20.5. The average molecular weight is 407 g/mol. The van der Waals surface area contributed by atoms with Crippen molar-refractivity contribution in [2.75, 3.05) is 51.2 Å². The van der Waals surface area contributed by atoms with Crippen LogP contribution in [0.3, 0.4) is 0 Å². The van der Waals surface area contributed by atoms with Crippen LogP contribution in [0.25, 0.3) is 0 Å². The Morgan fingerprint density at radius 1 is 1.11 bits per heavy atom. The van der Waals surface area contributed by atoms with Crippen LogP contribution in [0.4, 0.5) is 15.6 Å². The van der Waals surface area contributed by atoms with Crippen molar-refractivity contribution in [3.8, 4) is 0 Å². The van der Waals surface area contributed by atoms with Crippen LogP contribution in [0.5, 0.6) is 0 Å². The predicted octanol–water partition coefficient (Wildman–Crippen LogP) is 3.14. The largest absolute Gasteiger partial charge is 0.383 e. The second-order valence-corrected chi connectivity index (χ2v) is 7.16. The summed E-state index contributed by atoms with van der Waals surface area (Å²) in [5.74, 6) is -0.156. The predicted molar refractivity (Wildman–Crippen MR) is 110 cm³/mol. The Bertz CT molecular complexity index is 801. The molecule has 8 nitrogen and oxygen atoms in total. The monoisotopic (exact) mass is 406 g/mol. The number of ether oxygens (including phenoxy) is 2. The first-order chi connectivity index (χ1) is 13.4. The molecule has 1 aromatic heterocycles. The molecule has 0 unspecified atom stereocenters. The van der Waals surface area contributed by atoms with Crippen LogP contribution in [0.15, 0.2) is 24.3 Å². The van der Waals surface area contributed by atoms with Gasteiger partial charge in [0.2, 0.25) is 0 Å². The summed E-state index contributed by atoms with van der Waals surface area (Å²) in [6, 6.07) is 7.07. The van der Waals surface area contributed by atoms with Crippen LogP contribution >= 0.6 is 11.3 Å². The van der Waals surface area contributed by atoms with Gasteiger partial charge >= 0.3 is 6.03 Å². The van der Waals surface area contributed by atoms with Gasteiger partial charge in [0.05, 0.1) is 18.9 Å². The van der Waals surface area contributed by atoms with E-state index in [1.165, 1.54) is 0 Å². The van der Waals surface area contributed by atoms with Crippen LogP contribution in [0.1, 0.15) is 20.9 Å². The number of urea groups is 1. The summed E-state index contributed by atoms with van der Waals surface area (Å²) in [6.07, 6.45) is 0. The molecule has 0 saturated carbocycles. The second-order valence-electron chi connectivity index (χ2n) is 6.16. The number of nitrogens with one attached hydrogen (secondary N) is 2. The molecule has 0 aliphatic heterocycles. The Morgan fingerprint density at radius 3 is 2.39 bits per heavy atom. The number of anilines is 2. The molecule has 2 N–H and O–H groups in total. The molecule has 152 valence electrons. The Kier molecular flexibility index (Phi) is 8.37. The minimum atomic E-state index is -0.408. The molecule has 1 aromatic carbocycles. The number of hydrogen-bond acceptors (Lipinski definition) is 6. The molecule has 0 aliphatic carbocycles. The van der Waals surface area contributed by atoms with E-state index in [0.29, 0.717) is 47.7 Å². The SMILES string of the molecule is COCCN(CCOC)C(=O)c1sc(NC(=O)Nc2cccc(C)c2)nc1C. The van der Waals surface area contributed by atoms with Gasteiger partial charge in [-0.2, -0.15) is 0 Å². The zero-order valence-electron chi connectivity index (χ0n) is 16.6. The number of rotatable bonds is 9. The first kappa shape index (κ1) is 21.8. The van der Waals surface area contributed by atoms with E-state index in [0.717, 1.165) is 16.9 Å². The lowest BCUT2D eigenvalue weighted by molar-refractivity contribution is 0.0631. The normalized spacial score (nSPS) is 10.6. The highest BCUT2D eigenvalue weighted by molar-refractivity contribution is 7.17. The molecule has 2 rings (SSSR count). The van der Waals surface area contributed by atoms with Crippen molar-refractivity contribution in [1.82, 2.24) is 9.88 Å². The molecule has 0 saturated heterocycles. The minimum absolute atomic E-state index is 0.156. The number of thiazole rings is 1. The maximum atomic E-state index is 12.9. The van der Waals surface area contributed by atoms with Crippen molar-refractivity contribution < 1.29 is 19.1 Å². The standard InChI is InChI=1S/C19H26N4O4S/c1-13-6-5-7-15(12-13)21-18(25)22-19-20-14(2)16(28-19)17(24)23(8-10-26-3)9-11-27-4/h5-7,12H,8-11H2,1-4H3,(H2,20,21,22,25). The summed E-state index contributed by atoms with van der Waals surface area (Å²) >= 11 is 1.15. The number of hydrogen-bond donors (Lipinski definition) is 2. The molecule has 0 fully saturated rings. The topological polar surface area (TPSA) is 92.8 Å². The third kappa shape index (κ3) is 6.29. The number of aromatic nitrogens is 1.